The standard InChI is InChI=1S/C19H15F3N2/c1-12-17-10-15(19(20,21)22)4-3-14(17)11-24(12)16-5-6-18-13(9-16)7-8-23(18)2/h3-10H,1,11H2,2H3. The zero-order valence-electron chi connectivity index (χ0n) is 13.1. The van der Waals surface area contributed by atoms with Crippen molar-refractivity contribution < 1.29 is 13.2 Å². The average Bonchev–Trinajstić information content (AvgIpc) is 3.07. The normalized spacial score (nSPS) is 14.5. The molecule has 0 bridgehead atoms. The molecule has 0 radical (unpaired) electrons. The molecular formula is C19H15F3N2. The van der Waals surface area contributed by atoms with Gasteiger partial charge in [0.05, 0.1) is 5.56 Å². The summed E-state index contributed by atoms with van der Waals surface area (Å²) in [6, 6.07) is 11.9. The minimum absolute atomic E-state index is 0.532. The molecule has 24 heavy (non-hydrogen) atoms. The third kappa shape index (κ3) is 2.19. The van der Waals surface area contributed by atoms with Crippen molar-refractivity contribution in [2.45, 2.75) is 12.7 Å². The Kier molecular flexibility index (Phi) is 3.04. The van der Waals surface area contributed by atoms with E-state index in [1.807, 2.05) is 47.0 Å². The Morgan fingerprint density at radius 1 is 1.04 bits per heavy atom. The number of halogens is 3. The molecule has 0 amide bonds. The van der Waals surface area contributed by atoms with E-state index in [4.69, 9.17) is 0 Å². The first-order chi connectivity index (χ1) is 11.3. The number of aryl methyl sites for hydroxylation is 1. The number of nitrogens with zero attached hydrogens (tertiary/aromatic N) is 2. The van der Waals surface area contributed by atoms with Gasteiger partial charge in [0.15, 0.2) is 0 Å². The summed E-state index contributed by atoms with van der Waals surface area (Å²) in [5.74, 6) is 0. The van der Waals surface area contributed by atoms with Crippen LogP contribution in [0.4, 0.5) is 18.9 Å². The van der Waals surface area contributed by atoms with Gasteiger partial charge in [-0.3, -0.25) is 0 Å². The first-order valence-corrected chi connectivity index (χ1v) is 7.56. The lowest BCUT2D eigenvalue weighted by Crippen LogP contribution is -2.12. The van der Waals surface area contributed by atoms with E-state index in [9.17, 15) is 13.2 Å². The fourth-order valence-electron chi connectivity index (χ4n) is 3.25. The fraction of sp³-hybridized carbons (Fsp3) is 0.158. The Morgan fingerprint density at radius 3 is 2.58 bits per heavy atom. The Labute approximate surface area is 137 Å². The van der Waals surface area contributed by atoms with Gasteiger partial charge in [0.25, 0.3) is 0 Å². The summed E-state index contributed by atoms with van der Waals surface area (Å²) in [5.41, 5.74) is 3.44. The lowest BCUT2D eigenvalue weighted by Gasteiger charge is -2.20. The van der Waals surface area contributed by atoms with Crippen molar-refractivity contribution in [1.29, 1.82) is 0 Å². The lowest BCUT2D eigenvalue weighted by molar-refractivity contribution is -0.137. The highest BCUT2D eigenvalue weighted by atomic mass is 19.4. The number of anilines is 1. The van der Waals surface area contributed by atoms with Gasteiger partial charge in [-0.25, -0.2) is 0 Å². The largest absolute Gasteiger partial charge is 0.416 e. The van der Waals surface area contributed by atoms with Crippen LogP contribution in [0.25, 0.3) is 16.6 Å². The molecule has 0 saturated heterocycles. The molecular weight excluding hydrogens is 313 g/mol. The van der Waals surface area contributed by atoms with E-state index in [0.717, 1.165) is 28.2 Å². The summed E-state index contributed by atoms with van der Waals surface area (Å²) < 4.78 is 40.8. The molecule has 0 saturated carbocycles. The molecule has 2 nitrogen and oxygen atoms in total. The summed E-state index contributed by atoms with van der Waals surface area (Å²) in [6.45, 7) is 4.55. The summed E-state index contributed by atoms with van der Waals surface area (Å²) in [5, 5.41) is 1.09. The number of hydrogen-bond acceptors (Lipinski definition) is 1. The minimum atomic E-state index is -4.34. The summed E-state index contributed by atoms with van der Waals surface area (Å²) in [7, 11) is 1.98. The number of rotatable bonds is 1. The Morgan fingerprint density at radius 2 is 1.83 bits per heavy atom. The van der Waals surface area contributed by atoms with Crippen molar-refractivity contribution in [3.05, 3.63) is 71.9 Å². The molecule has 0 atom stereocenters. The molecule has 4 rings (SSSR count). The molecule has 1 aliphatic rings. The molecule has 2 aromatic carbocycles. The van der Waals surface area contributed by atoms with Crippen LogP contribution < -0.4 is 4.90 Å². The third-order valence-corrected chi connectivity index (χ3v) is 4.58. The summed E-state index contributed by atoms with van der Waals surface area (Å²) in [6.07, 6.45) is -2.36. The van der Waals surface area contributed by atoms with E-state index in [-0.39, 0.29) is 0 Å². The molecule has 0 unspecified atom stereocenters. The van der Waals surface area contributed by atoms with Gasteiger partial charge in [-0.15, -0.1) is 0 Å². The van der Waals surface area contributed by atoms with E-state index in [2.05, 4.69) is 6.58 Å². The predicted molar refractivity (Wildman–Crippen MR) is 89.6 cm³/mol. The topological polar surface area (TPSA) is 8.17 Å². The van der Waals surface area contributed by atoms with Gasteiger partial charge in [-0.2, -0.15) is 13.2 Å². The second-order valence-electron chi connectivity index (χ2n) is 6.07. The van der Waals surface area contributed by atoms with Crippen LogP contribution in [0.15, 0.2) is 55.2 Å². The van der Waals surface area contributed by atoms with E-state index < -0.39 is 11.7 Å². The average molecular weight is 328 g/mol. The monoisotopic (exact) mass is 328 g/mol. The van der Waals surface area contributed by atoms with E-state index in [1.165, 1.54) is 6.07 Å². The third-order valence-electron chi connectivity index (χ3n) is 4.58. The zero-order valence-corrected chi connectivity index (χ0v) is 13.1. The van der Waals surface area contributed by atoms with Gasteiger partial charge in [-0.1, -0.05) is 12.6 Å². The zero-order chi connectivity index (χ0) is 17.1. The molecule has 3 aromatic rings. The Bertz CT molecular complexity index is 966. The van der Waals surface area contributed by atoms with Gasteiger partial charge in [0, 0.05) is 47.6 Å². The maximum Gasteiger partial charge on any atom is 0.416 e. The fourth-order valence-corrected chi connectivity index (χ4v) is 3.25. The molecule has 5 heteroatoms. The van der Waals surface area contributed by atoms with Gasteiger partial charge < -0.3 is 9.47 Å². The second-order valence-corrected chi connectivity index (χ2v) is 6.07. The van der Waals surface area contributed by atoms with E-state index >= 15 is 0 Å². The molecule has 0 aliphatic carbocycles. The summed E-state index contributed by atoms with van der Waals surface area (Å²) in [4.78, 5) is 1.96. The van der Waals surface area contributed by atoms with Crippen LogP contribution in [0.2, 0.25) is 0 Å². The Hall–Kier alpha value is -2.69. The number of alkyl halides is 3. The maximum atomic E-state index is 12.9. The SMILES string of the molecule is C=C1c2cc(C(F)(F)F)ccc2CN1c1ccc2c(ccn2C)c1. The number of fused-ring (bicyclic) bond motifs is 2. The van der Waals surface area contributed by atoms with Crippen molar-refractivity contribution in [3.63, 3.8) is 0 Å². The maximum absolute atomic E-state index is 12.9. The van der Waals surface area contributed by atoms with Crippen LogP contribution in [-0.4, -0.2) is 4.57 Å². The van der Waals surface area contributed by atoms with Gasteiger partial charge in [0.1, 0.15) is 0 Å². The van der Waals surface area contributed by atoms with Crippen molar-refractivity contribution in [3.8, 4) is 0 Å². The van der Waals surface area contributed by atoms with Crippen molar-refractivity contribution in [1.82, 2.24) is 4.57 Å². The van der Waals surface area contributed by atoms with Crippen LogP contribution in [0, 0.1) is 0 Å². The van der Waals surface area contributed by atoms with Crippen molar-refractivity contribution in [2.24, 2.45) is 7.05 Å². The molecule has 1 aromatic heterocycles. The van der Waals surface area contributed by atoms with Gasteiger partial charge in [-0.05, 0) is 42.0 Å². The van der Waals surface area contributed by atoms with Crippen LogP contribution in [0.5, 0.6) is 0 Å². The molecule has 0 spiro atoms. The van der Waals surface area contributed by atoms with Crippen LogP contribution in [0.3, 0.4) is 0 Å². The van der Waals surface area contributed by atoms with Crippen LogP contribution in [0.1, 0.15) is 16.7 Å². The second kappa shape index (κ2) is 4.90. The minimum Gasteiger partial charge on any atom is -0.351 e. The quantitative estimate of drug-likeness (QED) is 0.597. The Balaban J connectivity index is 1.73. The van der Waals surface area contributed by atoms with Gasteiger partial charge in [0.2, 0.25) is 0 Å². The number of hydrogen-bond donors (Lipinski definition) is 0. The van der Waals surface area contributed by atoms with Crippen LogP contribution in [-0.2, 0) is 19.8 Å². The highest BCUT2D eigenvalue weighted by Gasteiger charge is 2.33. The molecule has 1 aliphatic heterocycles. The number of aromatic nitrogens is 1. The van der Waals surface area contributed by atoms with E-state index in [1.54, 1.807) is 6.07 Å². The first-order valence-electron chi connectivity index (χ1n) is 7.56. The molecule has 122 valence electrons. The number of benzene rings is 2. The lowest BCUT2D eigenvalue weighted by atomic mass is 10.0. The van der Waals surface area contributed by atoms with Gasteiger partial charge >= 0.3 is 6.18 Å². The van der Waals surface area contributed by atoms with Crippen molar-refractivity contribution in [2.75, 3.05) is 4.90 Å². The highest BCUT2D eigenvalue weighted by molar-refractivity contribution is 5.89. The molecule has 0 N–H and O–H groups in total. The smallest absolute Gasteiger partial charge is 0.351 e. The highest BCUT2D eigenvalue weighted by Crippen LogP contribution is 2.40. The predicted octanol–water partition coefficient (Wildman–Crippen LogP) is 5.19. The van der Waals surface area contributed by atoms with E-state index in [0.29, 0.717) is 17.8 Å². The summed E-state index contributed by atoms with van der Waals surface area (Å²) >= 11 is 0. The molecule has 2 heterocycles. The molecule has 0 fully saturated rings. The van der Waals surface area contributed by atoms with Crippen LogP contribution >= 0.6 is 0 Å². The van der Waals surface area contributed by atoms with Crippen molar-refractivity contribution >= 4 is 22.3 Å². The first kappa shape index (κ1) is 14.9.